The van der Waals surface area contributed by atoms with Gasteiger partial charge in [-0.15, -0.1) is 0 Å². The molecule has 0 fully saturated rings. The van der Waals surface area contributed by atoms with Gasteiger partial charge in [0.1, 0.15) is 5.78 Å². The van der Waals surface area contributed by atoms with Crippen LogP contribution in [0, 0.1) is 0 Å². The molecular formula is C11H18O2. The number of ketones is 1. The Hall–Kier alpha value is -1.05. The van der Waals surface area contributed by atoms with E-state index in [4.69, 9.17) is 4.74 Å². The first-order chi connectivity index (χ1) is 6.16. The fourth-order valence-corrected chi connectivity index (χ4v) is 0.869. The van der Waals surface area contributed by atoms with Crippen molar-refractivity contribution in [2.75, 3.05) is 7.11 Å². The summed E-state index contributed by atoms with van der Waals surface area (Å²) in [4.78, 5) is 10.6. The van der Waals surface area contributed by atoms with Crippen LogP contribution in [-0.2, 0) is 9.53 Å². The lowest BCUT2D eigenvalue weighted by molar-refractivity contribution is -0.116. The molecule has 0 bridgehead atoms. The summed E-state index contributed by atoms with van der Waals surface area (Å²) in [5, 5.41) is 0. The zero-order chi connectivity index (χ0) is 10.1. The molecule has 0 amide bonds. The Morgan fingerprint density at radius 3 is 2.31 bits per heavy atom. The Morgan fingerprint density at radius 2 is 1.85 bits per heavy atom. The van der Waals surface area contributed by atoms with Crippen molar-refractivity contribution in [3.05, 3.63) is 24.5 Å². The first-order valence-corrected chi connectivity index (χ1v) is 4.53. The SMILES string of the molecule is C=C(CC/C=C\CCC(C)=O)OC. The fraction of sp³-hybridized carbons (Fsp3) is 0.545. The molecule has 0 heterocycles. The first-order valence-electron chi connectivity index (χ1n) is 4.53. The van der Waals surface area contributed by atoms with E-state index < -0.39 is 0 Å². The van der Waals surface area contributed by atoms with Crippen LogP contribution in [-0.4, -0.2) is 12.9 Å². The van der Waals surface area contributed by atoms with Crippen molar-refractivity contribution in [2.24, 2.45) is 0 Å². The standard InChI is InChI=1S/C11H18O2/c1-10(12)8-6-4-5-7-9-11(2)13-3/h4-5H,2,6-9H2,1,3H3/b5-4-. The van der Waals surface area contributed by atoms with Crippen molar-refractivity contribution in [1.29, 1.82) is 0 Å². The van der Waals surface area contributed by atoms with Crippen molar-refractivity contribution in [2.45, 2.75) is 32.6 Å². The Morgan fingerprint density at radius 1 is 1.31 bits per heavy atom. The fourth-order valence-electron chi connectivity index (χ4n) is 0.869. The summed E-state index contributed by atoms with van der Waals surface area (Å²) < 4.78 is 4.91. The third-order valence-corrected chi connectivity index (χ3v) is 1.71. The van der Waals surface area contributed by atoms with Crippen LogP contribution in [0.5, 0.6) is 0 Å². The number of hydrogen-bond acceptors (Lipinski definition) is 2. The van der Waals surface area contributed by atoms with Crippen molar-refractivity contribution < 1.29 is 9.53 Å². The summed E-state index contributed by atoms with van der Waals surface area (Å²) in [6.07, 6.45) is 7.37. The second-order valence-electron chi connectivity index (χ2n) is 2.99. The third-order valence-electron chi connectivity index (χ3n) is 1.71. The Bertz CT molecular complexity index is 192. The van der Waals surface area contributed by atoms with Gasteiger partial charge in [-0.05, 0) is 19.8 Å². The smallest absolute Gasteiger partial charge is 0.130 e. The number of carbonyl (C=O) groups is 1. The summed E-state index contributed by atoms with van der Waals surface area (Å²) in [6.45, 7) is 5.32. The van der Waals surface area contributed by atoms with Gasteiger partial charge in [0.25, 0.3) is 0 Å². The number of Topliss-reactive ketones (excluding diaryl/α,β-unsaturated/α-hetero) is 1. The molecule has 0 aliphatic heterocycles. The topological polar surface area (TPSA) is 26.3 Å². The van der Waals surface area contributed by atoms with Crippen LogP contribution in [0.25, 0.3) is 0 Å². The monoisotopic (exact) mass is 182 g/mol. The van der Waals surface area contributed by atoms with Crippen molar-refractivity contribution in [3.63, 3.8) is 0 Å². The van der Waals surface area contributed by atoms with Crippen LogP contribution in [0.4, 0.5) is 0 Å². The summed E-state index contributed by atoms with van der Waals surface area (Å²) in [5.74, 6) is 1.04. The van der Waals surface area contributed by atoms with E-state index in [1.807, 2.05) is 6.08 Å². The second-order valence-corrected chi connectivity index (χ2v) is 2.99. The number of carbonyl (C=O) groups excluding carboxylic acids is 1. The maximum atomic E-state index is 10.6. The predicted molar refractivity (Wildman–Crippen MR) is 54.4 cm³/mol. The Balaban J connectivity index is 3.31. The van der Waals surface area contributed by atoms with Gasteiger partial charge in [0, 0.05) is 12.8 Å². The van der Waals surface area contributed by atoms with E-state index in [1.54, 1.807) is 14.0 Å². The minimum absolute atomic E-state index is 0.242. The van der Waals surface area contributed by atoms with Gasteiger partial charge in [-0.25, -0.2) is 0 Å². The summed E-state index contributed by atoms with van der Waals surface area (Å²) in [5.41, 5.74) is 0. The molecule has 0 aliphatic carbocycles. The van der Waals surface area contributed by atoms with E-state index in [2.05, 4.69) is 12.7 Å². The molecule has 0 atom stereocenters. The van der Waals surface area contributed by atoms with Gasteiger partial charge in [0.2, 0.25) is 0 Å². The van der Waals surface area contributed by atoms with Gasteiger partial charge in [0.15, 0.2) is 0 Å². The molecule has 0 spiro atoms. The van der Waals surface area contributed by atoms with Crippen LogP contribution < -0.4 is 0 Å². The minimum atomic E-state index is 0.242. The van der Waals surface area contributed by atoms with E-state index in [0.717, 1.165) is 25.0 Å². The quantitative estimate of drug-likeness (QED) is 0.447. The third kappa shape index (κ3) is 8.86. The molecule has 74 valence electrons. The van der Waals surface area contributed by atoms with Crippen LogP contribution >= 0.6 is 0 Å². The van der Waals surface area contributed by atoms with Gasteiger partial charge in [-0.2, -0.15) is 0 Å². The number of ether oxygens (including phenoxy) is 1. The first kappa shape index (κ1) is 11.9. The molecular weight excluding hydrogens is 164 g/mol. The molecule has 0 aliphatic rings. The molecule has 0 aromatic rings. The van der Waals surface area contributed by atoms with Crippen LogP contribution in [0.1, 0.15) is 32.6 Å². The normalized spacial score (nSPS) is 10.3. The van der Waals surface area contributed by atoms with E-state index in [1.165, 1.54) is 0 Å². The predicted octanol–water partition coefficient (Wildman–Crippen LogP) is 2.85. The molecule has 2 heteroatoms. The van der Waals surface area contributed by atoms with Crippen molar-refractivity contribution in [3.8, 4) is 0 Å². The Labute approximate surface area is 80.3 Å². The second kappa shape index (κ2) is 7.59. The lowest BCUT2D eigenvalue weighted by Gasteiger charge is -1.99. The number of methoxy groups -OCH3 is 1. The van der Waals surface area contributed by atoms with Crippen LogP contribution in [0.15, 0.2) is 24.5 Å². The van der Waals surface area contributed by atoms with Gasteiger partial charge in [-0.3, -0.25) is 0 Å². The average molecular weight is 182 g/mol. The average Bonchev–Trinajstić information content (AvgIpc) is 2.10. The Kier molecular flexibility index (Phi) is 6.98. The highest BCUT2D eigenvalue weighted by molar-refractivity contribution is 5.75. The number of allylic oxidation sites excluding steroid dienone is 3. The maximum Gasteiger partial charge on any atom is 0.130 e. The van der Waals surface area contributed by atoms with Crippen LogP contribution in [0.3, 0.4) is 0 Å². The lowest BCUT2D eigenvalue weighted by Crippen LogP contribution is -1.86. The molecule has 0 aromatic heterocycles. The van der Waals surface area contributed by atoms with Gasteiger partial charge >= 0.3 is 0 Å². The molecule has 0 saturated carbocycles. The highest BCUT2D eigenvalue weighted by atomic mass is 16.5. The molecule has 0 radical (unpaired) electrons. The summed E-state index contributed by atoms with van der Waals surface area (Å²) in [6, 6.07) is 0. The molecule has 2 nitrogen and oxygen atoms in total. The highest BCUT2D eigenvalue weighted by Crippen LogP contribution is 2.03. The van der Waals surface area contributed by atoms with Crippen LogP contribution in [0.2, 0.25) is 0 Å². The van der Waals surface area contributed by atoms with E-state index in [9.17, 15) is 4.79 Å². The van der Waals surface area contributed by atoms with E-state index >= 15 is 0 Å². The maximum absolute atomic E-state index is 10.6. The summed E-state index contributed by atoms with van der Waals surface area (Å²) >= 11 is 0. The molecule has 13 heavy (non-hydrogen) atoms. The molecule has 0 N–H and O–H groups in total. The lowest BCUT2D eigenvalue weighted by atomic mass is 10.2. The zero-order valence-electron chi connectivity index (χ0n) is 8.51. The van der Waals surface area contributed by atoms with Crippen molar-refractivity contribution in [1.82, 2.24) is 0 Å². The van der Waals surface area contributed by atoms with E-state index in [0.29, 0.717) is 6.42 Å². The van der Waals surface area contributed by atoms with Gasteiger partial charge in [-0.1, -0.05) is 18.7 Å². The molecule has 0 rings (SSSR count). The largest absolute Gasteiger partial charge is 0.502 e. The summed E-state index contributed by atoms with van der Waals surface area (Å²) in [7, 11) is 1.63. The minimum Gasteiger partial charge on any atom is -0.502 e. The van der Waals surface area contributed by atoms with Crippen molar-refractivity contribution >= 4 is 5.78 Å². The highest BCUT2D eigenvalue weighted by Gasteiger charge is 1.90. The number of hydrogen-bond donors (Lipinski definition) is 0. The van der Waals surface area contributed by atoms with E-state index in [-0.39, 0.29) is 5.78 Å². The van der Waals surface area contributed by atoms with Gasteiger partial charge < -0.3 is 9.53 Å². The van der Waals surface area contributed by atoms with Gasteiger partial charge in [0.05, 0.1) is 12.9 Å². The number of rotatable bonds is 7. The zero-order valence-corrected chi connectivity index (χ0v) is 8.51. The molecule has 0 unspecified atom stereocenters. The molecule has 0 saturated heterocycles. The molecule has 0 aromatic carbocycles.